The second-order valence-corrected chi connectivity index (χ2v) is 7.94. The van der Waals surface area contributed by atoms with Crippen molar-refractivity contribution in [2.24, 2.45) is 5.73 Å². The highest BCUT2D eigenvalue weighted by Gasteiger charge is 2.48. The van der Waals surface area contributed by atoms with Gasteiger partial charge in [0.25, 0.3) is 5.92 Å². The molecule has 0 aliphatic heterocycles. The van der Waals surface area contributed by atoms with E-state index in [0.717, 1.165) is 37.3 Å². The van der Waals surface area contributed by atoms with Gasteiger partial charge in [0.15, 0.2) is 23.0 Å². The number of hydrogen-bond donors (Lipinski definition) is 2. The largest absolute Gasteiger partial charge is 0.487 e. The summed E-state index contributed by atoms with van der Waals surface area (Å²) in [4.78, 5) is 3.98. The lowest BCUT2D eigenvalue weighted by Gasteiger charge is -2.34. The molecule has 0 amide bonds. The Balaban J connectivity index is 1.54. The number of pyridine rings is 1. The van der Waals surface area contributed by atoms with Crippen molar-refractivity contribution < 1.29 is 26.7 Å². The molecule has 4 rings (SSSR count). The Morgan fingerprint density at radius 3 is 2.44 bits per heavy atom. The summed E-state index contributed by atoms with van der Waals surface area (Å²) >= 11 is 0. The van der Waals surface area contributed by atoms with Crippen LogP contribution in [0, 0.1) is 17.5 Å². The van der Waals surface area contributed by atoms with Gasteiger partial charge < -0.3 is 16.2 Å². The number of alkyl halides is 2. The lowest BCUT2D eigenvalue weighted by Crippen LogP contribution is -2.51. The lowest BCUT2D eigenvalue weighted by molar-refractivity contribution is -0.0847. The molecule has 2 heterocycles. The number of anilines is 1. The van der Waals surface area contributed by atoms with E-state index in [1.807, 2.05) is 0 Å². The second kappa shape index (κ2) is 8.56. The molecule has 4 aromatic rings. The molecule has 1 atom stereocenters. The molecule has 11 heteroatoms. The molecule has 1 unspecified atom stereocenters. The van der Waals surface area contributed by atoms with Gasteiger partial charge in [0, 0.05) is 18.2 Å². The molecule has 0 fully saturated rings. The van der Waals surface area contributed by atoms with Gasteiger partial charge in [0.05, 0.1) is 6.61 Å². The number of benzene rings is 2. The van der Waals surface area contributed by atoms with Gasteiger partial charge in [-0.3, -0.25) is 0 Å². The zero-order chi connectivity index (χ0) is 24.7. The average molecular weight is 477 g/mol. The number of fused-ring (bicyclic) bond motifs is 1. The van der Waals surface area contributed by atoms with E-state index in [2.05, 4.69) is 10.1 Å². The predicted octanol–water partition coefficient (Wildman–Crippen LogP) is 4.67. The molecule has 2 aromatic carbocycles. The number of nitrogens with two attached hydrogens (primary N) is 2. The van der Waals surface area contributed by atoms with E-state index in [1.54, 1.807) is 0 Å². The standard InChI is InChI=1S/C23H20F5N5O/c1-22(30,14-2-4-15(24)5-3-14)23(27,28)9-11-34-20-17(25)7-6-16(19(20)26)13-8-10-33-18(12-13)31-21(29)32-33/h2-8,10,12H,9,11,30H2,1H3,(H2,29,32). The van der Waals surface area contributed by atoms with E-state index in [0.29, 0.717) is 11.2 Å². The van der Waals surface area contributed by atoms with Crippen LogP contribution in [0.1, 0.15) is 18.9 Å². The van der Waals surface area contributed by atoms with Gasteiger partial charge in [-0.25, -0.2) is 26.5 Å². The highest BCUT2D eigenvalue weighted by molar-refractivity contribution is 5.69. The number of halogens is 5. The van der Waals surface area contributed by atoms with Crippen LogP contribution in [-0.4, -0.2) is 27.1 Å². The van der Waals surface area contributed by atoms with E-state index in [9.17, 15) is 17.6 Å². The Kier molecular flexibility index (Phi) is 5.90. The van der Waals surface area contributed by atoms with Crippen molar-refractivity contribution in [1.29, 1.82) is 0 Å². The number of nitrogen functional groups attached to an aromatic ring is 1. The molecular weight excluding hydrogens is 457 g/mol. The third kappa shape index (κ3) is 4.26. The molecule has 0 saturated heterocycles. The van der Waals surface area contributed by atoms with Crippen LogP contribution in [0.15, 0.2) is 54.7 Å². The summed E-state index contributed by atoms with van der Waals surface area (Å²) in [5, 5.41) is 3.92. The summed E-state index contributed by atoms with van der Waals surface area (Å²) < 4.78 is 78.8. The van der Waals surface area contributed by atoms with Crippen LogP contribution in [0.25, 0.3) is 16.8 Å². The summed E-state index contributed by atoms with van der Waals surface area (Å²) in [6, 6.07) is 9.53. The molecule has 0 aliphatic rings. The van der Waals surface area contributed by atoms with Gasteiger partial charge in [0.2, 0.25) is 5.95 Å². The van der Waals surface area contributed by atoms with Crippen molar-refractivity contribution >= 4 is 11.6 Å². The molecule has 178 valence electrons. The van der Waals surface area contributed by atoms with Crippen molar-refractivity contribution in [1.82, 2.24) is 14.6 Å². The highest BCUT2D eigenvalue weighted by Crippen LogP contribution is 2.38. The van der Waals surface area contributed by atoms with Crippen LogP contribution in [-0.2, 0) is 5.54 Å². The number of hydrogen-bond acceptors (Lipinski definition) is 5. The van der Waals surface area contributed by atoms with E-state index >= 15 is 4.39 Å². The third-order valence-electron chi connectivity index (χ3n) is 5.58. The minimum absolute atomic E-state index is 0.00256. The van der Waals surface area contributed by atoms with Gasteiger partial charge in [0.1, 0.15) is 11.4 Å². The molecule has 2 aromatic heterocycles. The Morgan fingerprint density at radius 2 is 1.74 bits per heavy atom. The predicted molar refractivity (Wildman–Crippen MR) is 116 cm³/mol. The monoisotopic (exact) mass is 477 g/mol. The maximum absolute atomic E-state index is 15.1. The van der Waals surface area contributed by atoms with Crippen molar-refractivity contribution in [3.63, 3.8) is 0 Å². The summed E-state index contributed by atoms with van der Waals surface area (Å²) in [5.74, 6) is -7.01. The van der Waals surface area contributed by atoms with E-state index in [4.69, 9.17) is 16.2 Å². The molecule has 0 aliphatic carbocycles. The Hall–Kier alpha value is -3.73. The maximum atomic E-state index is 15.1. The fraction of sp³-hybridized carbons (Fsp3) is 0.217. The molecule has 0 spiro atoms. The summed E-state index contributed by atoms with van der Waals surface area (Å²) in [5.41, 5.74) is 9.88. The van der Waals surface area contributed by atoms with Crippen LogP contribution in [0.5, 0.6) is 5.75 Å². The third-order valence-corrected chi connectivity index (χ3v) is 5.58. The van der Waals surface area contributed by atoms with Crippen LogP contribution in [0.2, 0.25) is 0 Å². The smallest absolute Gasteiger partial charge is 0.272 e. The average Bonchev–Trinajstić information content (AvgIpc) is 3.15. The first-order valence-corrected chi connectivity index (χ1v) is 10.2. The van der Waals surface area contributed by atoms with Gasteiger partial charge in [-0.15, -0.1) is 5.10 Å². The number of nitrogens with zero attached hydrogens (tertiary/aromatic N) is 3. The highest BCUT2D eigenvalue weighted by atomic mass is 19.3. The van der Waals surface area contributed by atoms with Crippen molar-refractivity contribution in [3.8, 4) is 16.9 Å². The number of aromatic nitrogens is 3. The van der Waals surface area contributed by atoms with E-state index in [-0.39, 0.29) is 17.1 Å². The molecular formula is C23H20F5N5O. The zero-order valence-electron chi connectivity index (χ0n) is 17.9. The first-order valence-electron chi connectivity index (χ1n) is 10.2. The first kappa shape index (κ1) is 23.4. The van der Waals surface area contributed by atoms with Gasteiger partial charge in [-0.05, 0) is 54.4 Å². The molecule has 4 N–H and O–H groups in total. The number of ether oxygens (including phenoxy) is 1. The van der Waals surface area contributed by atoms with E-state index in [1.165, 1.54) is 28.9 Å². The van der Waals surface area contributed by atoms with Crippen LogP contribution < -0.4 is 16.2 Å². The minimum Gasteiger partial charge on any atom is -0.487 e. The van der Waals surface area contributed by atoms with Gasteiger partial charge in [-0.1, -0.05) is 12.1 Å². The Bertz CT molecular complexity index is 1340. The summed E-state index contributed by atoms with van der Waals surface area (Å²) in [7, 11) is 0. The molecule has 0 saturated carbocycles. The molecule has 6 nitrogen and oxygen atoms in total. The zero-order valence-corrected chi connectivity index (χ0v) is 17.9. The quantitative estimate of drug-likeness (QED) is 0.378. The molecule has 0 bridgehead atoms. The van der Waals surface area contributed by atoms with Crippen molar-refractivity contribution in [3.05, 3.63) is 77.7 Å². The fourth-order valence-corrected chi connectivity index (χ4v) is 3.50. The van der Waals surface area contributed by atoms with E-state index < -0.39 is 47.7 Å². The topological polar surface area (TPSA) is 91.5 Å². The van der Waals surface area contributed by atoms with Crippen molar-refractivity contribution in [2.45, 2.75) is 24.8 Å². The minimum atomic E-state index is -3.53. The summed E-state index contributed by atoms with van der Waals surface area (Å²) in [6.45, 7) is 0.368. The van der Waals surface area contributed by atoms with Crippen LogP contribution in [0.3, 0.4) is 0 Å². The fourth-order valence-electron chi connectivity index (χ4n) is 3.50. The Morgan fingerprint density at radius 1 is 1.03 bits per heavy atom. The lowest BCUT2D eigenvalue weighted by atomic mass is 9.85. The normalized spacial score (nSPS) is 13.7. The molecule has 0 radical (unpaired) electrons. The van der Waals surface area contributed by atoms with Crippen molar-refractivity contribution in [2.75, 3.05) is 12.3 Å². The number of rotatable bonds is 7. The SMILES string of the molecule is CC(N)(c1ccc(F)cc1)C(F)(F)CCOc1c(F)ccc(-c2ccn3nc(N)nc3c2)c1F. The van der Waals surface area contributed by atoms with Gasteiger partial charge >= 0.3 is 0 Å². The maximum Gasteiger partial charge on any atom is 0.272 e. The van der Waals surface area contributed by atoms with Gasteiger partial charge in [-0.2, -0.15) is 4.98 Å². The molecule has 34 heavy (non-hydrogen) atoms. The second-order valence-electron chi connectivity index (χ2n) is 7.94. The summed E-state index contributed by atoms with van der Waals surface area (Å²) in [6.07, 6.45) is 0.556. The van der Waals surface area contributed by atoms with Crippen LogP contribution >= 0.6 is 0 Å². The Labute approximate surface area is 191 Å². The van der Waals surface area contributed by atoms with Crippen LogP contribution in [0.4, 0.5) is 27.9 Å². The first-order chi connectivity index (χ1) is 16.0.